The second-order valence-corrected chi connectivity index (χ2v) is 12.5. The zero-order valence-electron chi connectivity index (χ0n) is 25.2. The molecule has 0 unspecified atom stereocenters. The van der Waals surface area contributed by atoms with Crippen LogP contribution in [0.1, 0.15) is 26.3 Å². The number of halogens is 3. The SMILES string of the molecule is CC(C)(C)c1ccc(-c2ccc3c(-c4cccc5ccccc45)c4ccccc4c(-c4ccc(OC(F)(F)F)cc4)c3c2)cc1. The van der Waals surface area contributed by atoms with E-state index in [1.54, 1.807) is 12.1 Å². The van der Waals surface area contributed by atoms with Crippen LogP contribution in [0.15, 0.2) is 133 Å². The smallest absolute Gasteiger partial charge is 0.406 e. The van der Waals surface area contributed by atoms with Gasteiger partial charge in [-0.25, -0.2) is 0 Å². The van der Waals surface area contributed by atoms with Gasteiger partial charge in [0.25, 0.3) is 0 Å². The highest BCUT2D eigenvalue weighted by Crippen LogP contribution is 2.46. The summed E-state index contributed by atoms with van der Waals surface area (Å²) in [5, 5.41) is 6.53. The second-order valence-electron chi connectivity index (χ2n) is 12.5. The molecule has 0 radical (unpaired) electrons. The van der Waals surface area contributed by atoms with Crippen LogP contribution in [0.5, 0.6) is 5.75 Å². The van der Waals surface area contributed by atoms with E-state index in [0.29, 0.717) is 0 Å². The molecule has 0 aliphatic heterocycles. The number of alkyl halides is 3. The fraction of sp³-hybridized carbons (Fsp3) is 0.122. The van der Waals surface area contributed by atoms with Crippen LogP contribution in [-0.2, 0) is 5.41 Å². The topological polar surface area (TPSA) is 9.23 Å². The van der Waals surface area contributed by atoms with E-state index < -0.39 is 6.36 Å². The average molecular weight is 597 g/mol. The first-order chi connectivity index (χ1) is 21.6. The minimum Gasteiger partial charge on any atom is -0.406 e. The molecule has 0 bridgehead atoms. The molecular weight excluding hydrogens is 565 g/mol. The molecular formula is C41H31F3O. The Morgan fingerprint density at radius 2 is 1.02 bits per heavy atom. The Hall–Kier alpha value is -5.09. The third-order valence-electron chi connectivity index (χ3n) is 8.54. The van der Waals surface area contributed by atoms with Crippen molar-refractivity contribution in [2.75, 3.05) is 0 Å². The van der Waals surface area contributed by atoms with Crippen LogP contribution in [0, 0.1) is 0 Å². The fourth-order valence-electron chi connectivity index (χ4n) is 6.39. The van der Waals surface area contributed by atoms with Crippen LogP contribution < -0.4 is 4.74 Å². The van der Waals surface area contributed by atoms with E-state index in [2.05, 4.69) is 123 Å². The molecule has 0 saturated heterocycles. The Kier molecular flexibility index (Phi) is 6.89. The molecule has 45 heavy (non-hydrogen) atoms. The number of benzene rings is 7. The van der Waals surface area contributed by atoms with Gasteiger partial charge in [0, 0.05) is 0 Å². The highest BCUT2D eigenvalue weighted by Gasteiger charge is 2.31. The monoisotopic (exact) mass is 596 g/mol. The van der Waals surface area contributed by atoms with Gasteiger partial charge in [-0.3, -0.25) is 0 Å². The quantitative estimate of drug-likeness (QED) is 0.184. The van der Waals surface area contributed by atoms with Crippen molar-refractivity contribution >= 4 is 32.3 Å². The van der Waals surface area contributed by atoms with E-state index in [1.807, 2.05) is 12.1 Å². The maximum atomic E-state index is 13.0. The van der Waals surface area contributed by atoms with Crippen molar-refractivity contribution in [2.45, 2.75) is 32.5 Å². The lowest BCUT2D eigenvalue weighted by molar-refractivity contribution is -0.274. The highest BCUT2D eigenvalue weighted by molar-refractivity contribution is 6.24. The van der Waals surface area contributed by atoms with Gasteiger partial charge in [0.05, 0.1) is 0 Å². The zero-order chi connectivity index (χ0) is 31.3. The molecule has 222 valence electrons. The minimum absolute atomic E-state index is 0.0450. The number of hydrogen-bond acceptors (Lipinski definition) is 1. The summed E-state index contributed by atoms with van der Waals surface area (Å²) in [6, 6.07) is 44.6. The average Bonchev–Trinajstić information content (AvgIpc) is 3.02. The normalized spacial score (nSPS) is 12.2. The fourth-order valence-corrected chi connectivity index (χ4v) is 6.39. The van der Waals surface area contributed by atoms with Gasteiger partial charge in [-0.05, 0) is 94.9 Å². The first-order valence-corrected chi connectivity index (χ1v) is 15.0. The summed E-state index contributed by atoms with van der Waals surface area (Å²) in [5.74, 6) is -0.244. The van der Waals surface area contributed by atoms with E-state index in [9.17, 15) is 13.2 Å². The van der Waals surface area contributed by atoms with Gasteiger partial charge in [-0.1, -0.05) is 136 Å². The Morgan fingerprint density at radius 3 is 1.69 bits per heavy atom. The lowest BCUT2D eigenvalue weighted by Crippen LogP contribution is -2.16. The molecule has 0 aromatic heterocycles. The molecule has 4 heteroatoms. The van der Waals surface area contributed by atoms with Gasteiger partial charge < -0.3 is 4.74 Å². The molecule has 0 fully saturated rings. The molecule has 0 heterocycles. The number of hydrogen-bond donors (Lipinski definition) is 0. The van der Waals surface area contributed by atoms with Crippen molar-refractivity contribution in [3.63, 3.8) is 0 Å². The van der Waals surface area contributed by atoms with Crippen LogP contribution in [0.4, 0.5) is 13.2 Å². The molecule has 0 spiro atoms. The Balaban J connectivity index is 1.54. The van der Waals surface area contributed by atoms with Crippen molar-refractivity contribution in [1.29, 1.82) is 0 Å². The van der Waals surface area contributed by atoms with Crippen molar-refractivity contribution in [3.05, 3.63) is 139 Å². The lowest BCUT2D eigenvalue weighted by atomic mass is 9.83. The molecule has 7 aromatic carbocycles. The molecule has 7 aromatic rings. The van der Waals surface area contributed by atoms with E-state index in [0.717, 1.165) is 65.7 Å². The van der Waals surface area contributed by atoms with Gasteiger partial charge >= 0.3 is 6.36 Å². The summed E-state index contributed by atoms with van der Waals surface area (Å²) < 4.78 is 43.1. The first-order valence-electron chi connectivity index (χ1n) is 15.0. The van der Waals surface area contributed by atoms with Gasteiger partial charge in [0.15, 0.2) is 0 Å². The second kappa shape index (κ2) is 10.8. The van der Waals surface area contributed by atoms with Crippen molar-refractivity contribution in [2.24, 2.45) is 0 Å². The molecule has 7 rings (SSSR count). The molecule has 0 aliphatic carbocycles. The lowest BCUT2D eigenvalue weighted by Gasteiger charge is -2.21. The molecule has 1 nitrogen and oxygen atoms in total. The first kappa shape index (κ1) is 28.7. The summed E-state index contributed by atoms with van der Waals surface area (Å²) in [4.78, 5) is 0. The largest absolute Gasteiger partial charge is 0.573 e. The van der Waals surface area contributed by atoms with Crippen LogP contribution in [0.25, 0.3) is 65.7 Å². The molecule has 0 atom stereocenters. The van der Waals surface area contributed by atoms with Crippen LogP contribution in [0.2, 0.25) is 0 Å². The highest BCUT2D eigenvalue weighted by atomic mass is 19.4. The number of fused-ring (bicyclic) bond motifs is 3. The van der Waals surface area contributed by atoms with E-state index in [1.165, 1.54) is 17.7 Å². The van der Waals surface area contributed by atoms with Crippen LogP contribution >= 0.6 is 0 Å². The van der Waals surface area contributed by atoms with Gasteiger partial charge in [0.1, 0.15) is 5.75 Å². The van der Waals surface area contributed by atoms with E-state index >= 15 is 0 Å². The maximum absolute atomic E-state index is 13.0. The maximum Gasteiger partial charge on any atom is 0.573 e. The number of rotatable bonds is 4. The number of ether oxygens (including phenoxy) is 1. The third-order valence-corrected chi connectivity index (χ3v) is 8.54. The third kappa shape index (κ3) is 5.42. The standard InChI is InChI=1S/C41H31F3O/c1-40(2,3)30-20-15-26(16-21-30)29-19-24-36-37(25-29)38(28-17-22-31(23-18-28)45-41(42,43)44)34-12-6-7-13-35(34)39(36)33-14-8-10-27-9-4-5-11-32(27)33/h4-25H,1-3H3. The molecule has 0 saturated carbocycles. The van der Waals surface area contributed by atoms with Crippen LogP contribution in [-0.4, -0.2) is 6.36 Å². The van der Waals surface area contributed by atoms with Crippen molar-refractivity contribution in [3.8, 4) is 39.1 Å². The molecule has 0 aliphatic rings. The summed E-state index contributed by atoms with van der Waals surface area (Å²) in [5.41, 5.74) is 7.53. The van der Waals surface area contributed by atoms with Crippen molar-refractivity contribution < 1.29 is 17.9 Å². The Bertz CT molecular complexity index is 2180. The molecule has 0 N–H and O–H groups in total. The minimum atomic E-state index is -4.75. The summed E-state index contributed by atoms with van der Waals surface area (Å²) >= 11 is 0. The van der Waals surface area contributed by atoms with Crippen molar-refractivity contribution in [1.82, 2.24) is 0 Å². The Labute approximate surface area is 260 Å². The summed E-state index contributed by atoms with van der Waals surface area (Å²) in [7, 11) is 0. The predicted octanol–water partition coefficient (Wildman–Crippen LogP) is 12.3. The molecule has 0 amide bonds. The Morgan fingerprint density at radius 1 is 0.467 bits per heavy atom. The summed E-state index contributed by atoms with van der Waals surface area (Å²) in [6.45, 7) is 6.61. The van der Waals surface area contributed by atoms with Gasteiger partial charge in [-0.15, -0.1) is 13.2 Å². The summed E-state index contributed by atoms with van der Waals surface area (Å²) in [6.07, 6.45) is -4.75. The van der Waals surface area contributed by atoms with E-state index in [-0.39, 0.29) is 11.2 Å². The van der Waals surface area contributed by atoms with Gasteiger partial charge in [-0.2, -0.15) is 0 Å². The van der Waals surface area contributed by atoms with E-state index in [4.69, 9.17) is 0 Å². The van der Waals surface area contributed by atoms with Gasteiger partial charge in [0.2, 0.25) is 0 Å². The predicted molar refractivity (Wildman–Crippen MR) is 181 cm³/mol. The van der Waals surface area contributed by atoms with Crippen LogP contribution in [0.3, 0.4) is 0 Å². The zero-order valence-corrected chi connectivity index (χ0v) is 25.2.